The minimum absolute atomic E-state index is 0.131. The van der Waals surface area contributed by atoms with Crippen LogP contribution in [0.15, 0.2) is 36.5 Å². The molecule has 2 aromatic heterocycles. The number of amides is 1. The van der Waals surface area contributed by atoms with Crippen molar-refractivity contribution in [3.63, 3.8) is 0 Å². The normalized spacial score (nSPS) is 15.4. The molecule has 154 valence electrons. The maximum Gasteiger partial charge on any atom is 0.268 e. The molecular weight excluding hydrogens is 378 g/mol. The highest BCUT2D eigenvalue weighted by molar-refractivity contribution is 6.00. The molecule has 7 nitrogen and oxygen atoms in total. The van der Waals surface area contributed by atoms with Gasteiger partial charge >= 0.3 is 0 Å². The van der Waals surface area contributed by atoms with Crippen LogP contribution in [0, 0.1) is 11.8 Å². The van der Waals surface area contributed by atoms with Crippen molar-refractivity contribution in [3.05, 3.63) is 47.8 Å². The Balaban J connectivity index is 1.83. The number of nitrogens with one attached hydrogen (secondary N) is 1. The number of rotatable bonds is 3. The van der Waals surface area contributed by atoms with Gasteiger partial charge in [0.2, 0.25) is 5.95 Å². The van der Waals surface area contributed by atoms with Gasteiger partial charge in [-0.25, -0.2) is 4.98 Å². The molecule has 4 rings (SSSR count). The summed E-state index contributed by atoms with van der Waals surface area (Å²) in [6, 6.07) is 9.28. The van der Waals surface area contributed by atoms with Crippen molar-refractivity contribution in [2.45, 2.75) is 44.6 Å². The van der Waals surface area contributed by atoms with Crippen LogP contribution in [-0.2, 0) is 0 Å². The molecule has 1 aliphatic carbocycles. The maximum atomic E-state index is 12.7. The highest BCUT2D eigenvalue weighted by Crippen LogP contribution is 2.28. The van der Waals surface area contributed by atoms with E-state index >= 15 is 0 Å². The first-order valence-corrected chi connectivity index (χ1v) is 10.3. The first-order valence-electron chi connectivity index (χ1n) is 10.3. The van der Waals surface area contributed by atoms with Gasteiger partial charge in [0.25, 0.3) is 5.91 Å². The highest BCUT2D eigenvalue weighted by atomic mass is 16.3. The number of fused-ring (bicyclic) bond motifs is 1. The molecule has 3 aromatic rings. The topological polar surface area (TPSA) is 106 Å². The molecule has 0 atom stereocenters. The quantitative estimate of drug-likeness (QED) is 0.583. The summed E-state index contributed by atoms with van der Waals surface area (Å²) in [5.41, 5.74) is 6.88. The number of anilines is 1. The Kier molecular flexibility index (Phi) is 5.42. The Morgan fingerprint density at radius 1 is 1.27 bits per heavy atom. The second-order valence-electron chi connectivity index (χ2n) is 7.61. The van der Waals surface area contributed by atoms with Crippen LogP contribution < -0.4 is 11.1 Å². The van der Waals surface area contributed by atoms with E-state index in [1.165, 1.54) is 0 Å². The summed E-state index contributed by atoms with van der Waals surface area (Å²) < 4.78 is 1.76. The number of hydrogen-bond acceptors (Lipinski definition) is 5. The zero-order valence-corrected chi connectivity index (χ0v) is 17.0. The number of aromatic nitrogens is 3. The minimum Gasteiger partial charge on any atom is -0.378 e. The summed E-state index contributed by atoms with van der Waals surface area (Å²) in [5, 5.41) is 14.4. The average molecular weight is 403 g/mol. The molecule has 0 saturated heterocycles. The van der Waals surface area contributed by atoms with Crippen molar-refractivity contribution < 1.29 is 9.90 Å². The Bertz CT molecular complexity index is 1150. The third-order valence-electron chi connectivity index (χ3n) is 5.38. The van der Waals surface area contributed by atoms with Gasteiger partial charge < -0.3 is 16.2 Å². The van der Waals surface area contributed by atoms with Crippen molar-refractivity contribution in [3.8, 4) is 17.7 Å². The van der Waals surface area contributed by atoms with Gasteiger partial charge in [0, 0.05) is 23.7 Å². The van der Waals surface area contributed by atoms with E-state index in [0.29, 0.717) is 30.9 Å². The fourth-order valence-corrected chi connectivity index (χ4v) is 3.88. The van der Waals surface area contributed by atoms with Crippen molar-refractivity contribution >= 4 is 22.8 Å². The van der Waals surface area contributed by atoms with E-state index in [-0.39, 0.29) is 11.9 Å². The van der Waals surface area contributed by atoms with Gasteiger partial charge in [-0.15, -0.1) is 0 Å². The number of nitrogens with two attached hydrogens (primary N) is 1. The number of carbonyl (C=O) groups is 1. The molecule has 30 heavy (non-hydrogen) atoms. The largest absolute Gasteiger partial charge is 0.378 e. The lowest BCUT2D eigenvalue weighted by Crippen LogP contribution is -2.29. The zero-order valence-electron chi connectivity index (χ0n) is 17.0. The monoisotopic (exact) mass is 403 g/mol. The molecule has 4 N–H and O–H groups in total. The molecule has 1 saturated carbocycles. The zero-order chi connectivity index (χ0) is 21.1. The van der Waals surface area contributed by atoms with Gasteiger partial charge in [-0.05, 0) is 56.9 Å². The van der Waals surface area contributed by atoms with Crippen LogP contribution in [0.4, 0.5) is 5.95 Å². The van der Waals surface area contributed by atoms with Gasteiger partial charge in [0.05, 0.1) is 5.52 Å². The van der Waals surface area contributed by atoms with Crippen molar-refractivity contribution in [1.82, 2.24) is 19.9 Å². The molecule has 0 bridgehead atoms. The van der Waals surface area contributed by atoms with E-state index in [9.17, 15) is 9.90 Å². The molecule has 1 amide bonds. The molecule has 1 fully saturated rings. The van der Waals surface area contributed by atoms with Gasteiger partial charge in [-0.2, -0.15) is 4.98 Å². The number of nitrogen functional groups attached to an aromatic ring is 1. The fourth-order valence-electron chi connectivity index (χ4n) is 3.88. The van der Waals surface area contributed by atoms with Crippen LogP contribution in [0.2, 0.25) is 0 Å². The number of carbonyl (C=O) groups excluding carboxylic acids is 1. The summed E-state index contributed by atoms with van der Waals surface area (Å²) in [6.07, 6.45) is 6.12. The molecule has 2 heterocycles. The standard InChI is InChI=1S/C23H25N5O2/c1-2-25-21(29)19-15-17-7-6-16(8-12-23(30)10-4-3-5-11-23)14-18(17)28(19)20-9-13-26-22(24)27-20/h6-7,9,13-15,30H,2-5,10-11H2,1H3,(H,25,29)(H2,24,26,27). The summed E-state index contributed by atoms with van der Waals surface area (Å²) in [6.45, 7) is 2.39. The SMILES string of the molecule is CCNC(=O)c1cc2ccc(C#CC3(O)CCCCC3)cc2n1-c1ccnc(N)n1. The first-order chi connectivity index (χ1) is 14.5. The number of benzene rings is 1. The highest BCUT2D eigenvalue weighted by Gasteiger charge is 2.26. The van der Waals surface area contributed by atoms with E-state index in [4.69, 9.17) is 5.73 Å². The Morgan fingerprint density at radius 3 is 2.80 bits per heavy atom. The molecule has 1 aromatic carbocycles. The van der Waals surface area contributed by atoms with Crippen molar-refractivity contribution in [1.29, 1.82) is 0 Å². The predicted octanol–water partition coefficient (Wildman–Crippen LogP) is 2.80. The van der Waals surface area contributed by atoms with Gasteiger partial charge in [-0.3, -0.25) is 9.36 Å². The molecule has 0 spiro atoms. The lowest BCUT2D eigenvalue weighted by Gasteiger charge is -2.26. The fraction of sp³-hybridized carbons (Fsp3) is 0.348. The summed E-state index contributed by atoms with van der Waals surface area (Å²) >= 11 is 0. The molecule has 0 aliphatic heterocycles. The lowest BCUT2D eigenvalue weighted by atomic mass is 9.85. The van der Waals surface area contributed by atoms with Crippen LogP contribution in [-0.4, -0.2) is 37.7 Å². The number of nitrogens with zero attached hydrogens (tertiary/aromatic N) is 3. The molecule has 1 aliphatic rings. The average Bonchev–Trinajstić information content (AvgIpc) is 3.12. The Hall–Kier alpha value is -3.37. The van der Waals surface area contributed by atoms with E-state index in [2.05, 4.69) is 27.1 Å². The maximum absolute atomic E-state index is 12.7. The second kappa shape index (κ2) is 8.17. The number of aliphatic hydroxyl groups is 1. The van der Waals surface area contributed by atoms with Gasteiger partial charge in [-0.1, -0.05) is 24.3 Å². The van der Waals surface area contributed by atoms with Gasteiger partial charge in [0.1, 0.15) is 17.1 Å². The molecular formula is C23H25N5O2. The minimum atomic E-state index is -0.914. The van der Waals surface area contributed by atoms with E-state index in [1.54, 1.807) is 16.8 Å². The smallest absolute Gasteiger partial charge is 0.268 e. The molecule has 7 heteroatoms. The Labute approximate surface area is 175 Å². The first kappa shape index (κ1) is 19.9. The van der Waals surface area contributed by atoms with Crippen LogP contribution in [0.3, 0.4) is 0 Å². The lowest BCUT2D eigenvalue weighted by molar-refractivity contribution is 0.0610. The van der Waals surface area contributed by atoms with E-state index in [0.717, 1.165) is 35.7 Å². The molecule has 0 radical (unpaired) electrons. The van der Waals surface area contributed by atoms with Crippen LogP contribution in [0.25, 0.3) is 16.7 Å². The van der Waals surface area contributed by atoms with Crippen molar-refractivity contribution in [2.75, 3.05) is 12.3 Å². The summed E-state index contributed by atoms with van der Waals surface area (Å²) in [5.74, 6) is 6.64. The van der Waals surface area contributed by atoms with E-state index < -0.39 is 5.60 Å². The van der Waals surface area contributed by atoms with Crippen LogP contribution in [0.1, 0.15) is 55.1 Å². The van der Waals surface area contributed by atoms with E-state index in [1.807, 2.05) is 31.2 Å². The van der Waals surface area contributed by atoms with Crippen molar-refractivity contribution in [2.24, 2.45) is 0 Å². The molecule has 0 unspecified atom stereocenters. The number of hydrogen-bond donors (Lipinski definition) is 3. The third-order valence-corrected chi connectivity index (χ3v) is 5.38. The van der Waals surface area contributed by atoms with Crippen LogP contribution in [0.5, 0.6) is 0 Å². The Morgan fingerprint density at radius 2 is 2.07 bits per heavy atom. The summed E-state index contributed by atoms with van der Waals surface area (Å²) in [7, 11) is 0. The summed E-state index contributed by atoms with van der Waals surface area (Å²) in [4.78, 5) is 20.9. The predicted molar refractivity (Wildman–Crippen MR) is 116 cm³/mol. The van der Waals surface area contributed by atoms with Crippen LogP contribution >= 0.6 is 0 Å². The second-order valence-corrected chi connectivity index (χ2v) is 7.61. The third kappa shape index (κ3) is 4.00. The van der Waals surface area contributed by atoms with Gasteiger partial charge in [0.15, 0.2) is 0 Å².